The molecule has 4 nitrogen and oxygen atoms in total. The number of amides is 1. The predicted molar refractivity (Wildman–Crippen MR) is 90.0 cm³/mol. The van der Waals surface area contributed by atoms with Crippen molar-refractivity contribution in [1.29, 1.82) is 0 Å². The third-order valence-corrected chi connectivity index (χ3v) is 6.60. The first kappa shape index (κ1) is 14.6. The fourth-order valence-electron chi connectivity index (χ4n) is 6.04. The van der Waals surface area contributed by atoms with E-state index in [1.165, 1.54) is 38.5 Å². The maximum atomic E-state index is 12.6. The lowest BCUT2D eigenvalue weighted by atomic mass is 9.49. The number of para-hydroxylation sites is 2. The first-order chi connectivity index (χ1) is 11.7. The van der Waals surface area contributed by atoms with Gasteiger partial charge in [-0.15, -0.1) is 0 Å². The van der Waals surface area contributed by atoms with Crippen LogP contribution in [-0.4, -0.2) is 25.2 Å². The van der Waals surface area contributed by atoms with Crippen LogP contribution in [0.4, 0.5) is 0 Å². The Balaban J connectivity index is 1.22. The molecule has 4 saturated carbocycles. The summed E-state index contributed by atoms with van der Waals surface area (Å²) < 4.78 is 11.5. The molecule has 4 fully saturated rings. The number of fused-ring (bicyclic) bond motifs is 1. The zero-order valence-electron chi connectivity index (χ0n) is 14.0. The van der Waals surface area contributed by atoms with Crippen LogP contribution >= 0.6 is 0 Å². The fraction of sp³-hybridized carbons (Fsp3) is 0.650. The van der Waals surface area contributed by atoms with E-state index in [2.05, 4.69) is 5.32 Å². The minimum Gasteiger partial charge on any atom is -0.485 e. The van der Waals surface area contributed by atoms with E-state index in [1.807, 2.05) is 24.3 Å². The van der Waals surface area contributed by atoms with Gasteiger partial charge in [-0.2, -0.15) is 0 Å². The van der Waals surface area contributed by atoms with E-state index >= 15 is 0 Å². The zero-order chi connectivity index (χ0) is 16.1. The van der Waals surface area contributed by atoms with Gasteiger partial charge in [-0.25, -0.2) is 0 Å². The number of ether oxygens (including phenoxy) is 2. The largest absolute Gasteiger partial charge is 0.485 e. The first-order valence-electron chi connectivity index (χ1n) is 9.35. The molecule has 1 unspecified atom stereocenters. The number of carbonyl (C=O) groups excluding carboxylic acids is 1. The van der Waals surface area contributed by atoms with Crippen molar-refractivity contribution in [2.45, 2.75) is 44.6 Å². The van der Waals surface area contributed by atoms with Crippen molar-refractivity contribution in [2.24, 2.45) is 23.2 Å². The van der Waals surface area contributed by atoms with E-state index in [4.69, 9.17) is 9.47 Å². The minimum absolute atomic E-state index is 0.0275. The van der Waals surface area contributed by atoms with Crippen LogP contribution in [0.1, 0.15) is 38.5 Å². The van der Waals surface area contributed by atoms with Gasteiger partial charge < -0.3 is 14.8 Å². The van der Waals surface area contributed by atoms with E-state index in [9.17, 15) is 4.79 Å². The normalized spacial score (nSPS) is 38.8. The molecule has 0 aromatic heterocycles. The summed E-state index contributed by atoms with van der Waals surface area (Å²) in [5.41, 5.74) is 0.359. The van der Waals surface area contributed by atoms with Crippen molar-refractivity contribution in [2.75, 3.05) is 13.2 Å². The van der Waals surface area contributed by atoms with Gasteiger partial charge in [-0.3, -0.25) is 4.79 Å². The summed E-state index contributed by atoms with van der Waals surface area (Å²) in [5.74, 6) is 4.10. The van der Waals surface area contributed by atoms with E-state index in [1.54, 1.807) is 0 Å². The summed E-state index contributed by atoms with van der Waals surface area (Å²) in [6, 6.07) is 7.54. The van der Waals surface area contributed by atoms with Gasteiger partial charge in [0.1, 0.15) is 6.61 Å². The second-order valence-electron chi connectivity index (χ2n) is 8.50. The highest BCUT2D eigenvalue weighted by molar-refractivity contribution is 5.81. The summed E-state index contributed by atoms with van der Waals surface area (Å²) >= 11 is 0. The lowest BCUT2D eigenvalue weighted by Gasteiger charge is -2.57. The average Bonchev–Trinajstić information content (AvgIpc) is 2.58. The molecule has 24 heavy (non-hydrogen) atoms. The van der Waals surface area contributed by atoms with Gasteiger partial charge in [0, 0.05) is 6.54 Å². The molecule has 0 saturated heterocycles. The van der Waals surface area contributed by atoms with Crippen LogP contribution in [-0.2, 0) is 4.79 Å². The van der Waals surface area contributed by atoms with E-state index in [-0.39, 0.29) is 5.91 Å². The van der Waals surface area contributed by atoms with Crippen molar-refractivity contribution < 1.29 is 14.3 Å². The van der Waals surface area contributed by atoms with Gasteiger partial charge in [0.2, 0.25) is 6.10 Å². The monoisotopic (exact) mass is 327 g/mol. The summed E-state index contributed by atoms with van der Waals surface area (Å²) in [6.07, 6.45) is 7.70. The predicted octanol–water partition coefficient (Wildman–Crippen LogP) is 3.16. The molecule has 1 N–H and O–H groups in total. The fourth-order valence-corrected chi connectivity index (χ4v) is 6.04. The highest BCUT2D eigenvalue weighted by Crippen LogP contribution is 2.59. The number of benzene rings is 1. The Morgan fingerprint density at radius 2 is 1.67 bits per heavy atom. The molecule has 1 heterocycles. The van der Waals surface area contributed by atoms with Crippen molar-refractivity contribution in [3.63, 3.8) is 0 Å². The van der Waals surface area contributed by atoms with Crippen LogP contribution in [0.2, 0.25) is 0 Å². The molecule has 6 rings (SSSR count). The number of carbonyl (C=O) groups is 1. The molecule has 4 heteroatoms. The first-order valence-corrected chi connectivity index (χ1v) is 9.35. The van der Waals surface area contributed by atoms with E-state index < -0.39 is 6.10 Å². The second kappa shape index (κ2) is 5.40. The van der Waals surface area contributed by atoms with Crippen molar-refractivity contribution >= 4 is 5.91 Å². The Hall–Kier alpha value is -1.71. The van der Waals surface area contributed by atoms with Crippen LogP contribution < -0.4 is 14.8 Å². The third-order valence-electron chi connectivity index (χ3n) is 6.60. The summed E-state index contributed by atoms with van der Waals surface area (Å²) in [4.78, 5) is 12.6. The highest BCUT2D eigenvalue weighted by atomic mass is 16.6. The van der Waals surface area contributed by atoms with Crippen LogP contribution in [0.25, 0.3) is 0 Å². The number of hydrogen-bond acceptors (Lipinski definition) is 3. The van der Waals surface area contributed by atoms with Crippen LogP contribution in [0.15, 0.2) is 24.3 Å². The second-order valence-corrected chi connectivity index (χ2v) is 8.50. The minimum atomic E-state index is -0.534. The van der Waals surface area contributed by atoms with Crippen molar-refractivity contribution in [1.82, 2.24) is 5.32 Å². The molecule has 4 aliphatic carbocycles. The molecule has 0 spiro atoms. The molecule has 1 amide bonds. The number of nitrogens with one attached hydrogen (secondary N) is 1. The summed E-state index contributed by atoms with van der Waals surface area (Å²) in [5, 5.41) is 3.20. The van der Waals surface area contributed by atoms with Crippen molar-refractivity contribution in [3.05, 3.63) is 24.3 Å². The van der Waals surface area contributed by atoms with Gasteiger partial charge in [0.15, 0.2) is 11.5 Å². The molecule has 5 aliphatic rings. The summed E-state index contributed by atoms with van der Waals surface area (Å²) in [6.45, 7) is 1.11. The molecule has 128 valence electrons. The smallest absolute Gasteiger partial charge is 0.264 e. The maximum Gasteiger partial charge on any atom is 0.264 e. The van der Waals surface area contributed by atoms with Crippen LogP contribution in [0.3, 0.4) is 0 Å². The quantitative estimate of drug-likeness (QED) is 0.928. The van der Waals surface area contributed by atoms with E-state index in [0.29, 0.717) is 17.8 Å². The summed E-state index contributed by atoms with van der Waals surface area (Å²) in [7, 11) is 0. The molecule has 1 atom stereocenters. The maximum absolute atomic E-state index is 12.6. The zero-order valence-corrected chi connectivity index (χ0v) is 14.0. The van der Waals surface area contributed by atoms with Crippen LogP contribution in [0.5, 0.6) is 11.5 Å². The molecule has 4 bridgehead atoms. The number of rotatable bonds is 3. The lowest BCUT2D eigenvalue weighted by molar-refractivity contribution is -0.132. The third kappa shape index (κ3) is 2.47. The van der Waals surface area contributed by atoms with Crippen molar-refractivity contribution in [3.8, 4) is 11.5 Å². The Bertz CT molecular complexity index is 621. The van der Waals surface area contributed by atoms with Gasteiger partial charge >= 0.3 is 0 Å². The average molecular weight is 327 g/mol. The Morgan fingerprint density at radius 3 is 2.33 bits per heavy atom. The molecule has 1 aliphatic heterocycles. The molecular weight excluding hydrogens is 302 g/mol. The Morgan fingerprint density at radius 1 is 1.04 bits per heavy atom. The van der Waals surface area contributed by atoms with Gasteiger partial charge in [0.25, 0.3) is 5.91 Å². The van der Waals surface area contributed by atoms with Crippen LogP contribution in [0, 0.1) is 23.2 Å². The Labute approximate surface area is 142 Å². The van der Waals surface area contributed by atoms with Gasteiger partial charge in [0.05, 0.1) is 0 Å². The molecular formula is C20H25NO3. The van der Waals surface area contributed by atoms with Gasteiger partial charge in [-0.05, 0) is 73.8 Å². The lowest BCUT2D eigenvalue weighted by Crippen LogP contribution is -2.53. The topological polar surface area (TPSA) is 47.6 Å². The SMILES string of the molecule is O=C(NCC12CC3CC(CC(C3)C1)C2)C1COc2ccccc2O1. The van der Waals surface area contributed by atoms with Gasteiger partial charge in [-0.1, -0.05) is 12.1 Å². The highest BCUT2D eigenvalue weighted by Gasteiger charge is 2.50. The standard InChI is InChI=1S/C20H25NO3/c22-19(18-11-23-16-3-1-2-4-17(16)24-18)21-12-20-8-13-5-14(9-20)7-15(6-13)10-20/h1-4,13-15,18H,5-12H2,(H,21,22). The van der Waals surface area contributed by atoms with E-state index in [0.717, 1.165) is 30.0 Å². The Kier molecular flexibility index (Phi) is 3.29. The molecule has 0 radical (unpaired) electrons. The molecule has 1 aromatic rings. The molecule has 1 aromatic carbocycles. The number of hydrogen-bond donors (Lipinski definition) is 1.